The fourth-order valence-corrected chi connectivity index (χ4v) is 4.05. The summed E-state index contributed by atoms with van der Waals surface area (Å²) >= 11 is 3.42. The molecule has 0 aliphatic carbocycles. The SMILES string of the molecule is C=CCC(/C=C1\C=CC(Br)=NC1)=Nc1cc(C2=NC/C(=C/C)C=C2)oc1C(=C)CC(=C)CCOCCC. The Hall–Kier alpha value is -3.09. The minimum Gasteiger partial charge on any atom is -0.452 e. The Bertz CT molecular complexity index is 1230. The Morgan fingerprint density at radius 3 is 2.57 bits per heavy atom. The van der Waals surface area contributed by atoms with E-state index in [0.717, 1.165) is 57.9 Å². The third-order valence-corrected chi connectivity index (χ3v) is 6.29. The Balaban J connectivity index is 1.92. The molecule has 2 aliphatic heterocycles. The number of allylic oxidation sites excluding steroid dienone is 6. The zero-order valence-corrected chi connectivity index (χ0v) is 23.5. The zero-order chi connectivity index (χ0) is 26.6. The van der Waals surface area contributed by atoms with E-state index in [4.69, 9.17) is 19.1 Å². The molecule has 0 atom stereocenters. The quantitative estimate of drug-likeness (QED) is 0.138. The first kappa shape index (κ1) is 28.5. The van der Waals surface area contributed by atoms with E-state index in [2.05, 4.69) is 65.8 Å². The third-order valence-electron chi connectivity index (χ3n) is 5.77. The standard InChI is InChI=1S/C31H36BrN3O2/c1-6-9-26(18-25-11-13-30(32)34-21-25)35-28-19-29(27-12-10-24(8-3)20-33-27)37-31(28)23(5)17-22(4)14-16-36-15-7-2/h6,8,10-13,18-19H,1,4-5,7,9,14-17,20-21H2,2-3H3/b24-8+,25-18+,35-26?. The number of hydrogen-bond donors (Lipinski definition) is 0. The molecule has 1 aromatic heterocycles. The van der Waals surface area contributed by atoms with Crippen molar-refractivity contribution in [2.45, 2.75) is 39.5 Å². The molecule has 3 heterocycles. The lowest BCUT2D eigenvalue weighted by atomic mass is 10.0. The highest BCUT2D eigenvalue weighted by Crippen LogP contribution is 2.34. The third kappa shape index (κ3) is 8.76. The Labute approximate surface area is 229 Å². The van der Waals surface area contributed by atoms with Crippen LogP contribution >= 0.6 is 15.9 Å². The first-order chi connectivity index (χ1) is 17.9. The van der Waals surface area contributed by atoms with E-state index in [1.165, 1.54) is 5.57 Å². The number of dihydropyridines is 2. The molecular weight excluding hydrogens is 526 g/mol. The molecule has 194 valence electrons. The first-order valence-corrected chi connectivity index (χ1v) is 13.4. The Kier molecular flexibility index (Phi) is 11.2. The van der Waals surface area contributed by atoms with E-state index in [1.807, 2.05) is 37.3 Å². The van der Waals surface area contributed by atoms with Crippen molar-refractivity contribution in [2.24, 2.45) is 15.0 Å². The van der Waals surface area contributed by atoms with Crippen molar-refractivity contribution in [1.29, 1.82) is 0 Å². The molecule has 0 bridgehead atoms. The van der Waals surface area contributed by atoms with Crippen molar-refractivity contribution in [2.75, 3.05) is 26.3 Å². The average Bonchev–Trinajstić information content (AvgIpc) is 3.32. The van der Waals surface area contributed by atoms with Crippen LogP contribution in [0, 0.1) is 0 Å². The van der Waals surface area contributed by atoms with Crippen molar-refractivity contribution in [3.8, 4) is 0 Å². The zero-order valence-electron chi connectivity index (χ0n) is 21.9. The van der Waals surface area contributed by atoms with Gasteiger partial charge in [-0.1, -0.05) is 50.0 Å². The molecule has 37 heavy (non-hydrogen) atoms. The minimum atomic E-state index is 0.595. The van der Waals surface area contributed by atoms with Crippen molar-refractivity contribution in [3.05, 3.63) is 96.6 Å². The smallest absolute Gasteiger partial charge is 0.156 e. The summed E-state index contributed by atoms with van der Waals surface area (Å²) in [5.41, 5.74) is 6.52. The van der Waals surface area contributed by atoms with Crippen LogP contribution in [0.5, 0.6) is 0 Å². The van der Waals surface area contributed by atoms with E-state index in [1.54, 1.807) is 0 Å². The largest absolute Gasteiger partial charge is 0.452 e. The molecule has 0 N–H and O–H groups in total. The van der Waals surface area contributed by atoms with Gasteiger partial charge in [0.1, 0.15) is 16.0 Å². The van der Waals surface area contributed by atoms with E-state index >= 15 is 0 Å². The maximum absolute atomic E-state index is 6.34. The summed E-state index contributed by atoms with van der Waals surface area (Å²) in [6.45, 7) is 19.2. The molecule has 0 aromatic carbocycles. The van der Waals surface area contributed by atoms with Crippen molar-refractivity contribution in [3.63, 3.8) is 0 Å². The van der Waals surface area contributed by atoms with Crippen LogP contribution in [-0.2, 0) is 4.74 Å². The lowest BCUT2D eigenvalue weighted by molar-refractivity contribution is 0.137. The number of nitrogens with zero attached hydrogens (tertiary/aromatic N) is 3. The number of aliphatic imine (C=N–C) groups is 3. The lowest BCUT2D eigenvalue weighted by Gasteiger charge is -2.09. The number of hydrogen-bond acceptors (Lipinski definition) is 5. The van der Waals surface area contributed by atoms with Gasteiger partial charge in [0, 0.05) is 24.8 Å². The van der Waals surface area contributed by atoms with Gasteiger partial charge in [-0.25, -0.2) is 4.99 Å². The normalized spacial score (nSPS) is 17.8. The summed E-state index contributed by atoms with van der Waals surface area (Å²) in [4.78, 5) is 14.1. The van der Waals surface area contributed by atoms with Crippen LogP contribution in [0.15, 0.2) is 104 Å². The first-order valence-electron chi connectivity index (χ1n) is 12.6. The van der Waals surface area contributed by atoms with Crippen molar-refractivity contribution >= 4 is 43.2 Å². The van der Waals surface area contributed by atoms with E-state index in [9.17, 15) is 0 Å². The summed E-state index contributed by atoms with van der Waals surface area (Å²) in [6.07, 6.45) is 17.0. The van der Waals surface area contributed by atoms with Gasteiger partial charge in [0.15, 0.2) is 11.5 Å². The van der Waals surface area contributed by atoms with Crippen LogP contribution in [0.4, 0.5) is 5.69 Å². The molecule has 5 nitrogen and oxygen atoms in total. The molecular formula is C31H36BrN3O2. The van der Waals surface area contributed by atoms with Gasteiger partial charge in [-0.05, 0) is 77.1 Å². The lowest BCUT2D eigenvalue weighted by Crippen LogP contribution is -2.02. The van der Waals surface area contributed by atoms with Crippen LogP contribution in [0.2, 0.25) is 0 Å². The Morgan fingerprint density at radius 2 is 1.92 bits per heavy atom. The van der Waals surface area contributed by atoms with Crippen molar-refractivity contribution in [1.82, 2.24) is 0 Å². The van der Waals surface area contributed by atoms with Gasteiger partial charge in [-0.2, -0.15) is 0 Å². The second kappa shape index (κ2) is 14.6. The number of furan rings is 1. The number of rotatable bonds is 13. The molecule has 0 radical (unpaired) electrons. The van der Waals surface area contributed by atoms with Crippen LogP contribution in [-0.4, -0.2) is 42.3 Å². The molecule has 3 rings (SSSR count). The topological polar surface area (TPSA) is 59.5 Å². The van der Waals surface area contributed by atoms with Crippen LogP contribution in [0.3, 0.4) is 0 Å². The summed E-state index contributed by atoms with van der Waals surface area (Å²) in [6, 6.07) is 1.95. The number of halogens is 1. The summed E-state index contributed by atoms with van der Waals surface area (Å²) < 4.78 is 12.8. The monoisotopic (exact) mass is 561 g/mol. The molecule has 6 heteroatoms. The second-order valence-corrected chi connectivity index (χ2v) is 9.72. The number of ether oxygens (including phenoxy) is 1. The van der Waals surface area contributed by atoms with Gasteiger partial charge in [0.2, 0.25) is 0 Å². The second-order valence-electron chi connectivity index (χ2n) is 8.90. The van der Waals surface area contributed by atoms with E-state index in [-0.39, 0.29) is 0 Å². The fourth-order valence-electron chi connectivity index (χ4n) is 3.79. The summed E-state index contributed by atoms with van der Waals surface area (Å²) in [7, 11) is 0. The highest BCUT2D eigenvalue weighted by atomic mass is 79.9. The molecule has 0 spiro atoms. The molecule has 0 unspecified atom stereocenters. The van der Waals surface area contributed by atoms with Gasteiger partial charge in [0.25, 0.3) is 0 Å². The van der Waals surface area contributed by atoms with E-state index < -0.39 is 0 Å². The van der Waals surface area contributed by atoms with Crippen LogP contribution in [0.1, 0.15) is 51.1 Å². The Morgan fingerprint density at radius 1 is 1.14 bits per heavy atom. The predicted octanol–water partition coefficient (Wildman–Crippen LogP) is 8.30. The highest BCUT2D eigenvalue weighted by molar-refractivity contribution is 9.18. The van der Waals surface area contributed by atoms with Gasteiger partial charge in [0.05, 0.1) is 19.7 Å². The van der Waals surface area contributed by atoms with Crippen LogP contribution < -0.4 is 0 Å². The minimum absolute atomic E-state index is 0.595. The average molecular weight is 563 g/mol. The van der Waals surface area contributed by atoms with Crippen molar-refractivity contribution < 1.29 is 9.15 Å². The molecule has 0 amide bonds. The van der Waals surface area contributed by atoms with Gasteiger partial charge < -0.3 is 9.15 Å². The van der Waals surface area contributed by atoms with E-state index in [0.29, 0.717) is 44.1 Å². The van der Waals surface area contributed by atoms with Crippen LogP contribution in [0.25, 0.3) is 5.57 Å². The maximum atomic E-state index is 6.34. The summed E-state index contributed by atoms with van der Waals surface area (Å²) in [5.74, 6) is 1.33. The molecule has 0 saturated heterocycles. The molecule has 2 aliphatic rings. The highest BCUT2D eigenvalue weighted by Gasteiger charge is 2.18. The van der Waals surface area contributed by atoms with Gasteiger partial charge >= 0.3 is 0 Å². The summed E-state index contributed by atoms with van der Waals surface area (Å²) in [5, 5.41) is 0. The van der Waals surface area contributed by atoms with Gasteiger partial charge in [-0.3, -0.25) is 9.98 Å². The van der Waals surface area contributed by atoms with Gasteiger partial charge in [-0.15, -0.1) is 6.58 Å². The molecule has 1 aromatic rings. The predicted molar refractivity (Wildman–Crippen MR) is 162 cm³/mol. The fraction of sp³-hybridized carbons (Fsp3) is 0.323. The molecule has 0 fully saturated rings. The maximum Gasteiger partial charge on any atom is 0.156 e. The molecule has 0 saturated carbocycles.